The maximum Gasteiger partial charge on any atom is 0.119 e. The van der Waals surface area contributed by atoms with Crippen molar-refractivity contribution >= 4 is 22.4 Å². The fraction of sp³-hybridized carbons (Fsp3) is 0.500. The van der Waals surface area contributed by atoms with Crippen molar-refractivity contribution in [3.05, 3.63) is 83.4 Å². The van der Waals surface area contributed by atoms with Crippen molar-refractivity contribution in [2.45, 2.75) is 94.7 Å². The van der Waals surface area contributed by atoms with E-state index in [4.69, 9.17) is 0 Å². The van der Waals surface area contributed by atoms with Crippen LogP contribution >= 0.6 is 0 Å². The molecule has 0 saturated carbocycles. The molecule has 4 rings (SSSR count). The van der Waals surface area contributed by atoms with E-state index in [2.05, 4.69) is 144 Å². The van der Waals surface area contributed by atoms with Crippen molar-refractivity contribution in [1.82, 2.24) is 15.0 Å². The number of hydrogen-bond donors (Lipinski definition) is 0. The van der Waals surface area contributed by atoms with E-state index in [1.165, 1.54) is 29.5 Å². The molecule has 4 heteroatoms. The molecule has 1 heterocycles. The average Bonchev–Trinajstić information content (AvgIpc) is 3.23. The molecule has 2 atom stereocenters. The van der Waals surface area contributed by atoms with E-state index in [-0.39, 0.29) is 0 Å². The van der Waals surface area contributed by atoms with Gasteiger partial charge in [-0.05, 0) is 108 Å². The van der Waals surface area contributed by atoms with Gasteiger partial charge in [0.2, 0.25) is 0 Å². The lowest BCUT2D eigenvalue weighted by Crippen LogP contribution is -2.22. The second-order valence-corrected chi connectivity index (χ2v) is 14.6. The van der Waals surface area contributed by atoms with Crippen molar-refractivity contribution in [3.8, 4) is 0 Å². The van der Waals surface area contributed by atoms with Gasteiger partial charge < -0.3 is 4.90 Å². The van der Waals surface area contributed by atoms with Gasteiger partial charge in [-0.25, -0.2) is 4.68 Å². The molecule has 0 saturated heterocycles. The zero-order valence-corrected chi connectivity index (χ0v) is 26.3. The first-order chi connectivity index (χ1) is 18.8. The van der Waals surface area contributed by atoms with Crippen molar-refractivity contribution in [1.29, 1.82) is 0 Å². The molecule has 0 fully saturated rings. The monoisotopic (exact) mass is 538 g/mol. The summed E-state index contributed by atoms with van der Waals surface area (Å²) in [5.41, 5.74) is 9.02. The third-order valence-electron chi connectivity index (χ3n) is 7.53. The molecule has 4 nitrogen and oxygen atoms in total. The molecule has 0 aliphatic carbocycles. The molecule has 3 aromatic carbocycles. The molecule has 4 aromatic rings. The van der Waals surface area contributed by atoms with Crippen LogP contribution in [-0.4, -0.2) is 15.0 Å². The summed E-state index contributed by atoms with van der Waals surface area (Å²) in [4.78, 5) is 2.35. The summed E-state index contributed by atoms with van der Waals surface area (Å²) in [6.07, 6.45) is 4.65. The van der Waals surface area contributed by atoms with Gasteiger partial charge in [0.15, 0.2) is 0 Å². The average molecular weight is 539 g/mol. The molecule has 0 bridgehead atoms. The molecule has 214 valence electrons. The maximum atomic E-state index is 4.53. The number of hydrogen-bond acceptors (Lipinski definition) is 3. The van der Waals surface area contributed by atoms with Gasteiger partial charge >= 0.3 is 0 Å². The summed E-state index contributed by atoms with van der Waals surface area (Å²) in [5, 5.41) is 8.97. The normalized spacial score (nSPS) is 13.9. The van der Waals surface area contributed by atoms with Gasteiger partial charge in [-0.15, -0.1) is 5.10 Å². The predicted octanol–water partition coefficient (Wildman–Crippen LogP) is 9.77. The molecular formula is C36H50N4. The summed E-state index contributed by atoms with van der Waals surface area (Å²) < 4.78 is 2.01. The van der Waals surface area contributed by atoms with Crippen LogP contribution in [0.5, 0.6) is 0 Å². The fourth-order valence-electron chi connectivity index (χ4n) is 6.29. The number of nitrogens with zero attached hydrogens (tertiary/aromatic N) is 4. The number of fused-ring (bicyclic) bond motifs is 1. The number of rotatable bonds is 10. The molecule has 0 aliphatic rings. The lowest BCUT2D eigenvalue weighted by Gasteiger charge is -2.27. The molecule has 0 radical (unpaired) electrons. The van der Waals surface area contributed by atoms with Gasteiger partial charge in [0.1, 0.15) is 12.2 Å². The van der Waals surface area contributed by atoms with E-state index in [1.54, 1.807) is 0 Å². The topological polar surface area (TPSA) is 34.0 Å². The Morgan fingerprint density at radius 2 is 1.18 bits per heavy atom. The smallest absolute Gasteiger partial charge is 0.119 e. The van der Waals surface area contributed by atoms with E-state index in [9.17, 15) is 0 Å². The summed E-state index contributed by atoms with van der Waals surface area (Å²) >= 11 is 0. The Labute approximate surface area is 242 Å². The first-order valence-electron chi connectivity index (χ1n) is 15.0. The first kappa shape index (κ1) is 29.8. The Bertz CT molecular complexity index is 1300. The minimum absolute atomic E-state index is 0.353. The number of anilines is 2. The summed E-state index contributed by atoms with van der Waals surface area (Å²) in [6, 6.07) is 24.6. The van der Waals surface area contributed by atoms with Crippen LogP contribution in [0.2, 0.25) is 0 Å². The Morgan fingerprint density at radius 1 is 0.700 bits per heavy atom. The molecular weight excluding hydrogens is 488 g/mol. The number of benzene rings is 3. The highest BCUT2D eigenvalue weighted by atomic mass is 15.5. The Balaban J connectivity index is 1.60. The lowest BCUT2D eigenvalue weighted by atomic mass is 9.83. The maximum absolute atomic E-state index is 4.53. The van der Waals surface area contributed by atoms with E-state index < -0.39 is 0 Å². The molecule has 0 spiro atoms. The highest BCUT2D eigenvalue weighted by Gasteiger charge is 2.18. The van der Waals surface area contributed by atoms with Crippen LogP contribution in [0.3, 0.4) is 0 Å². The lowest BCUT2D eigenvalue weighted by molar-refractivity contribution is 0.306. The zero-order valence-electron chi connectivity index (χ0n) is 26.3. The summed E-state index contributed by atoms with van der Waals surface area (Å²) in [7, 11) is 0. The molecule has 40 heavy (non-hydrogen) atoms. The second-order valence-electron chi connectivity index (χ2n) is 14.6. The van der Waals surface area contributed by atoms with Crippen LogP contribution in [-0.2, 0) is 19.5 Å². The van der Waals surface area contributed by atoms with Gasteiger partial charge in [0.05, 0.1) is 5.52 Å². The Kier molecular flexibility index (Phi) is 9.07. The van der Waals surface area contributed by atoms with Crippen LogP contribution < -0.4 is 4.90 Å². The van der Waals surface area contributed by atoms with Crippen LogP contribution in [0.1, 0.15) is 84.9 Å². The summed E-state index contributed by atoms with van der Waals surface area (Å²) in [5.74, 6) is 1.31. The van der Waals surface area contributed by atoms with Gasteiger partial charge in [-0.3, -0.25) is 0 Å². The van der Waals surface area contributed by atoms with Crippen LogP contribution in [0.25, 0.3) is 11.0 Å². The highest BCUT2D eigenvalue weighted by molar-refractivity contribution is 5.75. The van der Waals surface area contributed by atoms with Crippen molar-refractivity contribution in [2.75, 3.05) is 4.90 Å². The van der Waals surface area contributed by atoms with Gasteiger partial charge in [-0.1, -0.05) is 90.9 Å². The molecule has 0 aliphatic heterocycles. The third-order valence-corrected chi connectivity index (χ3v) is 7.53. The minimum Gasteiger partial charge on any atom is -0.321 e. The van der Waals surface area contributed by atoms with Crippen molar-refractivity contribution < 1.29 is 0 Å². The van der Waals surface area contributed by atoms with Crippen LogP contribution in [0, 0.1) is 29.6 Å². The molecule has 1 aromatic heterocycles. The van der Waals surface area contributed by atoms with E-state index in [0.29, 0.717) is 29.3 Å². The predicted molar refractivity (Wildman–Crippen MR) is 171 cm³/mol. The number of aryl methyl sites for hydroxylation is 1. The van der Waals surface area contributed by atoms with Crippen LogP contribution in [0.4, 0.5) is 11.4 Å². The van der Waals surface area contributed by atoms with E-state index in [1.807, 2.05) is 4.68 Å². The minimum atomic E-state index is 0.353. The van der Waals surface area contributed by atoms with E-state index >= 15 is 0 Å². The van der Waals surface area contributed by atoms with Crippen molar-refractivity contribution in [2.24, 2.45) is 22.7 Å². The second kappa shape index (κ2) is 12.2. The summed E-state index contributed by atoms with van der Waals surface area (Å²) in [6.45, 7) is 21.4. The largest absolute Gasteiger partial charge is 0.321 e. The molecule has 0 N–H and O–H groups in total. The van der Waals surface area contributed by atoms with Crippen LogP contribution in [0.15, 0.2) is 66.7 Å². The van der Waals surface area contributed by atoms with Gasteiger partial charge in [0.25, 0.3) is 0 Å². The zero-order chi connectivity index (χ0) is 29.1. The Morgan fingerprint density at radius 3 is 1.62 bits per heavy atom. The van der Waals surface area contributed by atoms with Gasteiger partial charge in [0, 0.05) is 11.4 Å². The quantitative estimate of drug-likeness (QED) is 0.201. The third kappa shape index (κ3) is 8.43. The Hall–Kier alpha value is -3.14. The van der Waals surface area contributed by atoms with Gasteiger partial charge in [-0.2, -0.15) is 0 Å². The molecule has 2 unspecified atom stereocenters. The fourth-order valence-corrected chi connectivity index (χ4v) is 6.29. The number of aromatic nitrogens is 3. The van der Waals surface area contributed by atoms with Crippen molar-refractivity contribution in [3.63, 3.8) is 0 Å². The highest BCUT2D eigenvalue weighted by Crippen LogP contribution is 2.31. The first-order valence-corrected chi connectivity index (χ1v) is 15.0. The SMILES string of the molecule is Cc1ccc2nnn(CN(c3ccc(CC(C)CC(C)(C)C)cc3)c3ccc(CC(C)CC(C)(C)C)cc3)c2c1. The van der Waals surface area contributed by atoms with E-state index in [0.717, 1.165) is 35.2 Å². The standard InChI is InChI=1S/C36H50N4/c1-26-10-19-33-34(22-26)40(38-37-33)25-39(31-15-11-29(12-16-31)20-27(2)23-35(4,5)6)32-17-13-30(14-18-32)21-28(3)24-36(7,8)9/h10-19,22,27-28H,20-21,23-25H2,1-9H3. The molecule has 0 amide bonds.